The third-order valence-electron chi connectivity index (χ3n) is 6.16. The number of thiazole rings is 1. The number of nitrogens with one attached hydrogen (secondary N) is 2. The molecule has 0 aliphatic heterocycles. The number of carbonyl (C=O) groups excluding carboxylic acids is 1. The molecule has 6 aromatic rings. The van der Waals surface area contributed by atoms with Crippen molar-refractivity contribution in [1.82, 2.24) is 15.0 Å². The van der Waals surface area contributed by atoms with Crippen LogP contribution >= 0.6 is 11.3 Å². The summed E-state index contributed by atoms with van der Waals surface area (Å²) in [7, 11) is 0. The highest BCUT2D eigenvalue weighted by Crippen LogP contribution is 2.32. The van der Waals surface area contributed by atoms with E-state index in [4.69, 9.17) is 4.42 Å². The molecule has 0 radical (unpaired) electrons. The van der Waals surface area contributed by atoms with E-state index in [9.17, 15) is 25.1 Å². The molecular formula is C30H20N6O6S. The molecule has 3 heterocycles. The van der Waals surface area contributed by atoms with Gasteiger partial charge in [0.2, 0.25) is 0 Å². The molecule has 4 N–H and O–H groups in total. The summed E-state index contributed by atoms with van der Waals surface area (Å²) in [6, 6.07) is 21.1. The molecule has 0 fully saturated rings. The molecule has 0 saturated heterocycles. The molecule has 0 unspecified atom stereocenters. The lowest BCUT2D eigenvalue weighted by atomic mass is 10.2. The SMILES string of the molecule is O=C(Nc1ccc2c(Nc3ccc(O)cc3)nc(/C=C/c3ccc([N+](=O)[O-])o3)nc2c1)c1csc(-c2ccccc2O)n1. The van der Waals surface area contributed by atoms with Gasteiger partial charge in [-0.2, -0.15) is 0 Å². The molecule has 0 aliphatic rings. The molecule has 0 aliphatic carbocycles. The highest BCUT2D eigenvalue weighted by molar-refractivity contribution is 7.13. The third kappa shape index (κ3) is 6.01. The summed E-state index contributed by atoms with van der Waals surface area (Å²) in [4.78, 5) is 36.9. The average molecular weight is 593 g/mol. The predicted octanol–water partition coefficient (Wildman–Crippen LogP) is 6.83. The van der Waals surface area contributed by atoms with Crippen LogP contribution in [0.4, 0.5) is 23.1 Å². The highest BCUT2D eigenvalue weighted by atomic mass is 32.1. The number of hydrogen-bond donors (Lipinski definition) is 4. The van der Waals surface area contributed by atoms with Crippen molar-refractivity contribution in [2.75, 3.05) is 10.6 Å². The molecular weight excluding hydrogens is 572 g/mol. The van der Waals surface area contributed by atoms with E-state index in [1.807, 2.05) is 0 Å². The maximum Gasteiger partial charge on any atom is 0.433 e. The van der Waals surface area contributed by atoms with E-state index in [0.29, 0.717) is 38.7 Å². The molecule has 13 heteroatoms. The number of rotatable bonds is 8. The van der Waals surface area contributed by atoms with Gasteiger partial charge in [-0.3, -0.25) is 14.9 Å². The lowest BCUT2D eigenvalue weighted by molar-refractivity contribution is -0.402. The smallest absolute Gasteiger partial charge is 0.433 e. The van der Waals surface area contributed by atoms with Crippen molar-refractivity contribution in [3.63, 3.8) is 0 Å². The standard InChI is InChI=1S/C30H20N6O6S/c37-19-8-5-17(6-9-19)31-28-21-12-7-18(32-29(39)24-16-43-30(34-24)22-3-1-2-4-25(22)38)15-23(21)33-26(35-28)13-10-20-11-14-27(42-20)36(40)41/h1-16,37-38H,(H,32,39)(H,31,33,35)/b13-10+. The number of benzene rings is 3. The van der Waals surface area contributed by atoms with Crippen LogP contribution < -0.4 is 10.6 Å². The van der Waals surface area contributed by atoms with Crippen molar-refractivity contribution in [3.05, 3.63) is 112 Å². The Kier molecular flexibility index (Phi) is 7.20. The lowest BCUT2D eigenvalue weighted by Crippen LogP contribution is -2.12. The van der Waals surface area contributed by atoms with E-state index in [1.54, 1.807) is 66.1 Å². The van der Waals surface area contributed by atoms with Gasteiger partial charge >= 0.3 is 5.88 Å². The second kappa shape index (κ2) is 11.4. The van der Waals surface area contributed by atoms with Gasteiger partial charge in [0.05, 0.1) is 17.1 Å². The number of nitro groups is 1. The molecule has 6 rings (SSSR count). The molecule has 212 valence electrons. The van der Waals surface area contributed by atoms with E-state index in [-0.39, 0.29) is 34.7 Å². The van der Waals surface area contributed by atoms with Gasteiger partial charge in [0.15, 0.2) is 5.82 Å². The Labute approximate surface area is 246 Å². The van der Waals surface area contributed by atoms with E-state index in [1.165, 1.54) is 41.7 Å². The van der Waals surface area contributed by atoms with Crippen LogP contribution in [-0.2, 0) is 0 Å². The maximum atomic E-state index is 13.0. The fourth-order valence-electron chi connectivity index (χ4n) is 4.11. The number of aromatic hydroxyl groups is 2. The Bertz CT molecular complexity index is 2020. The molecule has 0 atom stereocenters. The summed E-state index contributed by atoms with van der Waals surface area (Å²) >= 11 is 1.24. The summed E-state index contributed by atoms with van der Waals surface area (Å²) in [5, 5.41) is 39.5. The minimum atomic E-state index is -0.628. The second-order valence-electron chi connectivity index (χ2n) is 9.11. The number of anilines is 3. The van der Waals surface area contributed by atoms with E-state index in [2.05, 4.69) is 25.6 Å². The summed E-state index contributed by atoms with van der Waals surface area (Å²) in [5.41, 5.74) is 2.34. The summed E-state index contributed by atoms with van der Waals surface area (Å²) in [5.74, 6) is 0.326. The number of aromatic nitrogens is 3. The van der Waals surface area contributed by atoms with Crippen molar-refractivity contribution >= 4 is 63.4 Å². The molecule has 0 spiro atoms. The third-order valence-corrected chi connectivity index (χ3v) is 7.04. The minimum Gasteiger partial charge on any atom is -0.508 e. The van der Waals surface area contributed by atoms with Crippen molar-refractivity contribution in [2.45, 2.75) is 0 Å². The zero-order valence-electron chi connectivity index (χ0n) is 22.0. The fourth-order valence-corrected chi connectivity index (χ4v) is 4.95. The average Bonchev–Trinajstić information content (AvgIpc) is 3.68. The van der Waals surface area contributed by atoms with Gasteiger partial charge in [-0.05, 0) is 72.8 Å². The number of para-hydroxylation sites is 1. The maximum absolute atomic E-state index is 13.0. The van der Waals surface area contributed by atoms with Gasteiger partial charge in [0.25, 0.3) is 5.91 Å². The first kappa shape index (κ1) is 27.1. The van der Waals surface area contributed by atoms with Crippen LogP contribution in [0.1, 0.15) is 22.1 Å². The Morgan fingerprint density at radius 2 is 1.72 bits per heavy atom. The quantitative estimate of drug-likeness (QED) is 0.0832. The number of nitrogens with zero attached hydrogens (tertiary/aromatic N) is 4. The van der Waals surface area contributed by atoms with Crippen LogP contribution in [-0.4, -0.2) is 36.0 Å². The van der Waals surface area contributed by atoms with Crippen LogP contribution in [0.5, 0.6) is 11.5 Å². The number of phenols is 2. The molecule has 1 amide bonds. The van der Waals surface area contributed by atoms with Crippen LogP contribution in [0.25, 0.3) is 33.6 Å². The molecule has 3 aromatic heterocycles. The molecule has 12 nitrogen and oxygen atoms in total. The van der Waals surface area contributed by atoms with Crippen molar-refractivity contribution in [2.24, 2.45) is 0 Å². The second-order valence-corrected chi connectivity index (χ2v) is 9.97. The van der Waals surface area contributed by atoms with Gasteiger partial charge in [-0.15, -0.1) is 11.3 Å². The first-order valence-electron chi connectivity index (χ1n) is 12.7. The number of hydrogen-bond acceptors (Lipinski definition) is 11. The van der Waals surface area contributed by atoms with E-state index < -0.39 is 10.8 Å². The summed E-state index contributed by atoms with van der Waals surface area (Å²) in [6.45, 7) is 0. The largest absolute Gasteiger partial charge is 0.508 e. The number of amides is 1. The van der Waals surface area contributed by atoms with Crippen LogP contribution in [0.15, 0.2) is 88.7 Å². The van der Waals surface area contributed by atoms with Crippen molar-refractivity contribution in [3.8, 4) is 22.1 Å². The monoisotopic (exact) mass is 592 g/mol. The van der Waals surface area contributed by atoms with Crippen LogP contribution in [0.3, 0.4) is 0 Å². The first-order valence-corrected chi connectivity index (χ1v) is 13.6. The van der Waals surface area contributed by atoms with Gasteiger partial charge in [0, 0.05) is 22.1 Å². The Balaban J connectivity index is 1.31. The Morgan fingerprint density at radius 1 is 0.930 bits per heavy atom. The zero-order valence-corrected chi connectivity index (χ0v) is 22.8. The van der Waals surface area contributed by atoms with Crippen LogP contribution in [0.2, 0.25) is 0 Å². The molecule has 0 saturated carbocycles. The van der Waals surface area contributed by atoms with Gasteiger partial charge < -0.3 is 25.3 Å². The molecule has 0 bridgehead atoms. The van der Waals surface area contributed by atoms with Gasteiger partial charge in [0.1, 0.15) is 38.7 Å². The van der Waals surface area contributed by atoms with Crippen molar-refractivity contribution in [1.29, 1.82) is 0 Å². The normalized spacial score (nSPS) is 11.2. The summed E-state index contributed by atoms with van der Waals surface area (Å²) in [6.07, 6.45) is 3.06. The number of phenolic OH excluding ortho intramolecular Hbond substituents is 2. The minimum absolute atomic E-state index is 0.0739. The Morgan fingerprint density at radius 3 is 2.49 bits per heavy atom. The van der Waals surface area contributed by atoms with E-state index >= 15 is 0 Å². The van der Waals surface area contributed by atoms with Gasteiger partial charge in [-0.25, -0.2) is 15.0 Å². The fraction of sp³-hybridized carbons (Fsp3) is 0. The number of furan rings is 1. The highest BCUT2D eigenvalue weighted by Gasteiger charge is 2.16. The Hall–Kier alpha value is -6.08. The zero-order chi connectivity index (χ0) is 29.9. The van der Waals surface area contributed by atoms with Gasteiger partial charge in [-0.1, -0.05) is 12.1 Å². The number of fused-ring (bicyclic) bond motifs is 1. The molecule has 3 aromatic carbocycles. The number of carbonyl (C=O) groups is 1. The summed E-state index contributed by atoms with van der Waals surface area (Å²) < 4.78 is 5.19. The molecule has 43 heavy (non-hydrogen) atoms. The predicted molar refractivity (Wildman–Crippen MR) is 162 cm³/mol. The van der Waals surface area contributed by atoms with Crippen molar-refractivity contribution < 1.29 is 24.3 Å². The first-order chi connectivity index (χ1) is 20.8. The van der Waals surface area contributed by atoms with E-state index in [0.717, 1.165) is 0 Å². The van der Waals surface area contributed by atoms with Crippen LogP contribution in [0, 0.1) is 10.1 Å². The lowest BCUT2D eigenvalue weighted by Gasteiger charge is -2.11. The topological polar surface area (TPSA) is 177 Å².